The molecule has 1 aromatic heterocycles. The van der Waals surface area contributed by atoms with Crippen LogP contribution in [0.15, 0.2) is 72.2 Å². The smallest absolute Gasteiger partial charge is 0.179 e. The van der Waals surface area contributed by atoms with Gasteiger partial charge in [-0.3, -0.25) is 0 Å². The fourth-order valence-electron chi connectivity index (χ4n) is 1.50. The molecule has 0 aliphatic heterocycles. The van der Waals surface area contributed by atoms with Gasteiger partial charge in [0.2, 0.25) is 0 Å². The Morgan fingerprint density at radius 3 is 1.56 bits per heavy atom. The summed E-state index contributed by atoms with van der Waals surface area (Å²) >= 11 is 1.44. The van der Waals surface area contributed by atoms with Gasteiger partial charge in [0.05, 0.1) is 0 Å². The van der Waals surface area contributed by atoms with Gasteiger partial charge in [-0.1, -0.05) is 60.7 Å². The standard InChI is InChI=1S/C12H10.C3H4N2S/c1-3-7-11(8-4-1)12-9-5-2-6-10-12;4-3-5-1-2-6-3/h1-10H;1-2H,(H2,4,5). The normalized spacial score (nSPS) is 9.33. The summed E-state index contributed by atoms with van der Waals surface area (Å²) in [6.07, 6.45) is 1.68. The van der Waals surface area contributed by atoms with Gasteiger partial charge in [-0.05, 0) is 11.1 Å². The van der Waals surface area contributed by atoms with Crippen molar-refractivity contribution < 1.29 is 0 Å². The SMILES string of the molecule is Nc1nccs1.c1ccc(-c2ccccc2)cc1. The second-order valence-electron chi connectivity index (χ2n) is 3.60. The van der Waals surface area contributed by atoms with Crippen LogP contribution >= 0.6 is 11.3 Å². The van der Waals surface area contributed by atoms with Crippen molar-refractivity contribution in [3.05, 3.63) is 72.2 Å². The van der Waals surface area contributed by atoms with E-state index in [0.29, 0.717) is 5.13 Å². The molecule has 0 fully saturated rings. The molecule has 0 bridgehead atoms. The molecule has 3 heteroatoms. The van der Waals surface area contributed by atoms with E-state index < -0.39 is 0 Å². The van der Waals surface area contributed by atoms with E-state index in [9.17, 15) is 0 Å². The van der Waals surface area contributed by atoms with E-state index in [-0.39, 0.29) is 0 Å². The number of thiazole rings is 1. The Morgan fingerprint density at radius 2 is 1.28 bits per heavy atom. The average Bonchev–Trinajstić information content (AvgIpc) is 2.93. The van der Waals surface area contributed by atoms with Crippen LogP contribution in [0.1, 0.15) is 0 Å². The summed E-state index contributed by atoms with van der Waals surface area (Å²) in [5.41, 5.74) is 7.74. The van der Waals surface area contributed by atoms with Crippen LogP contribution in [0.2, 0.25) is 0 Å². The van der Waals surface area contributed by atoms with Gasteiger partial charge in [0.25, 0.3) is 0 Å². The van der Waals surface area contributed by atoms with E-state index in [1.54, 1.807) is 6.20 Å². The predicted molar refractivity (Wildman–Crippen MR) is 78.4 cm³/mol. The summed E-state index contributed by atoms with van der Waals surface area (Å²) in [5, 5.41) is 2.48. The van der Waals surface area contributed by atoms with Gasteiger partial charge in [-0.15, -0.1) is 11.3 Å². The van der Waals surface area contributed by atoms with Gasteiger partial charge in [0, 0.05) is 11.6 Å². The molecule has 0 saturated heterocycles. The topological polar surface area (TPSA) is 38.9 Å². The molecule has 0 spiro atoms. The first-order chi connectivity index (χ1) is 8.86. The largest absolute Gasteiger partial charge is 0.375 e. The molecule has 90 valence electrons. The molecule has 0 radical (unpaired) electrons. The number of aromatic nitrogens is 1. The number of anilines is 1. The molecule has 2 N–H and O–H groups in total. The van der Waals surface area contributed by atoms with Crippen LogP contribution in [-0.2, 0) is 0 Å². The summed E-state index contributed by atoms with van der Waals surface area (Å²) in [4.78, 5) is 3.71. The van der Waals surface area contributed by atoms with Crippen molar-refractivity contribution in [2.24, 2.45) is 0 Å². The molecule has 3 aromatic rings. The quantitative estimate of drug-likeness (QED) is 0.710. The van der Waals surface area contributed by atoms with E-state index in [1.165, 1.54) is 22.5 Å². The highest BCUT2D eigenvalue weighted by molar-refractivity contribution is 7.13. The van der Waals surface area contributed by atoms with Crippen LogP contribution in [-0.4, -0.2) is 4.98 Å². The molecular weight excluding hydrogens is 240 g/mol. The second kappa shape index (κ2) is 6.57. The molecule has 0 aliphatic rings. The maximum Gasteiger partial charge on any atom is 0.179 e. The molecule has 0 amide bonds. The van der Waals surface area contributed by atoms with Crippen LogP contribution in [0.5, 0.6) is 0 Å². The fraction of sp³-hybridized carbons (Fsp3) is 0. The minimum Gasteiger partial charge on any atom is -0.375 e. The first-order valence-electron chi connectivity index (χ1n) is 5.62. The van der Waals surface area contributed by atoms with Crippen molar-refractivity contribution in [1.82, 2.24) is 4.98 Å². The number of rotatable bonds is 1. The van der Waals surface area contributed by atoms with Crippen molar-refractivity contribution >= 4 is 16.5 Å². The number of nitrogens with zero attached hydrogens (tertiary/aromatic N) is 1. The van der Waals surface area contributed by atoms with E-state index in [1.807, 2.05) is 17.5 Å². The highest BCUT2D eigenvalue weighted by atomic mass is 32.1. The number of hydrogen-bond acceptors (Lipinski definition) is 3. The maximum atomic E-state index is 5.19. The number of nitrogen functional groups attached to an aromatic ring is 1. The minimum atomic E-state index is 0.634. The fourth-order valence-corrected chi connectivity index (χ4v) is 1.88. The zero-order valence-corrected chi connectivity index (χ0v) is 10.7. The first kappa shape index (κ1) is 12.3. The molecular formula is C15H14N2S. The summed E-state index contributed by atoms with van der Waals surface area (Å²) in [7, 11) is 0. The lowest BCUT2D eigenvalue weighted by Crippen LogP contribution is -1.77. The third kappa shape index (κ3) is 3.71. The maximum absolute atomic E-state index is 5.19. The Kier molecular flexibility index (Phi) is 4.50. The third-order valence-electron chi connectivity index (χ3n) is 2.33. The minimum absolute atomic E-state index is 0.634. The molecule has 1 heterocycles. The molecule has 3 rings (SSSR count). The van der Waals surface area contributed by atoms with E-state index in [4.69, 9.17) is 5.73 Å². The summed E-state index contributed by atoms with van der Waals surface area (Å²) < 4.78 is 0. The second-order valence-corrected chi connectivity index (χ2v) is 4.53. The molecule has 0 aliphatic carbocycles. The van der Waals surface area contributed by atoms with Crippen molar-refractivity contribution in [3.63, 3.8) is 0 Å². The van der Waals surface area contributed by atoms with Crippen LogP contribution < -0.4 is 5.73 Å². The third-order valence-corrected chi connectivity index (χ3v) is 2.94. The highest BCUT2D eigenvalue weighted by Crippen LogP contribution is 2.17. The Labute approximate surface area is 111 Å². The molecule has 0 atom stereocenters. The van der Waals surface area contributed by atoms with Gasteiger partial charge in [0.1, 0.15) is 0 Å². The van der Waals surface area contributed by atoms with Crippen molar-refractivity contribution in [2.45, 2.75) is 0 Å². The summed E-state index contributed by atoms with van der Waals surface area (Å²) in [6.45, 7) is 0. The van der Waals surface area contributed by atoms with Gasteiger partial charge < -0.3 is 5.73 Å². The number of benzene rings is 2. The van der Waals surface area contributed by atoms with Crippen LogP contribution in [0.25, 0.3) is 11.1 Å². The lowest BCUT2D eigenvalue weighted by Gasteiger charge is -1.98. The first-order valence-corrected chi connectivity index (χ1v) is 6.49. The zero-order chi connectivity index (χ0) is 12.6. The lowest BCUT2D eigenvalue weighted by atomic mass is 10.1. The Balaban J connectivity index is 0.000000169. The number of hydrogen-bond donors (Lipinski definition) is 1. The molecule has 18 heavy (non-hydrogen) atoms. The van der Waals surface area contributed by atoms with Gasteiger partial charge in [0.15, 0.2) is 5.13 Å². The van der Waals surface area contributed by atoms with Crippen LogP contribution in [0.4, 0.5) is 5.13 Å². The van der Waals surface area contributed by atoms with Crippen molar-refractivity contribution in [2.75, 3.05) is 5.73 Å². The predicted octanol–water partition coefficient (Wildman–Crippen LogP) is 4.08. The van der Waals surface area contributed by atoms with Gasteiger partial charge in [-0.25, -0.2) is 4.98 Å². The van der Waals surface area contributed by atoms with Gasteiger partial charge in [-0.2, -0.15) is 0 Å². The molecule has 0 unspecified atom stereocenters. The average molecular weight is 254 g/mol. The van der Waals surface area contributed by atoms with Crippen molar-refractivity contribution in [1.29, 1.82) is 0 Å². The Morgan fingerprint density at radius 1 is 0.778 bits per heavy atom. The lowest BCUT2D eigenvalue weighted by molar-refractivity contribution is 1.43. The Hall–Kier alpha value is -2.13. The van der Waals surface area contributed by atoms with Crippen LogP contribution in [0, 0.1) is 0 Å². The highest BCUT2D eigenvalue weighted by Gasteiger charge is 1.91. The van der Waals surface area contributed by atoms with E-state index >= 15 is 0 Å². The zero-order valence-electron chi connectivity index (χ0n) is 9.86. The van der Waals surface area contributed by atoms with Crippen LogP contribution in [0.3, 0.4) is 0 Å². The van der Waals surface area contributed by atoms with Crippen molar-refractivity contribution in [3.8, 4) is 11.1 Å². The summed E-state index contributed by atoms with van der Waals surface area (Å²) in [6, 6.07) is 20.8. The molecule has 0 saturated carbocycles. The molecule has 2 nitrogen and oxygen atoms in total. The van der Waals surface area contributed by atoms with E-state index in [0.717, 1.165) is 0 Å². The van der Waals surface area contributed by atoms with Gasteiger partial charge >= 0.3 is 0 Å². The number of nitrogens with two attached hydrogens (primary N) is 1. The monoisotopic (exact) mass is 254 g/mol. The van der Waals surface area contributed by atoms with E-state index in [2.05, 4.69) is 53.5 Å². The summed E-state index contributed by atoms with van der Waals surface area (Å²) in [5.74, 6) is 0. The Bertz CT molecular complexity index is 510. The molecule has 2 aromatic carbocycles.